The number of amides is 3. The molecule has 2 aliphatic rings. The molecule has 9 heteroatoms. The Bertz CT molecular complexity index is 1110. The first-order chi connectivity index (χ1) is 15.7. The zero-order valence-corrected chi connectivity index (χ0v) is 17.8. The number of urea groups is 1. The van der Waals surface area contributed by atoms with E-state index < -0.39 is 0 Å². The van der Waals surface area contributed by atoms with Gasteiger partial charge in [0, 0.05) is 6.04 Å². The number of para-hydroxylation sites is 1. The number of aromatic nitrogens is 2. The van der Waals surface area contributed by atoms with Crippen LogP contribution in [0.5, 0.6) is 5.75 Å². The van der Waals surface area contributed by atoms with Gasteiger partial charge in [0.2, 0.25) is 17.6 Å². The summed E-state index contributed by atoms with van der Waals surface area (Å²) in [5.74, 6) is 1.55. The molecule has 1 aliphatic carbocycles. The van der Waals surface area contributed by atoms with Crippen molar-refractivity contribution in [3.05, 3.63) is 54.3 Å². The number of fused-ring (bicyclic) bond motifs is 1. The standard InChI is InChI=1S/C23H24N4O5/c1-30-19-11-5-3-9-17(19)21-24-20(32-25-21)14-26-18-10-4-2-8-16(18)22(28)27(23(26)29)13-15-7-6-12-31-15/h3,5-7,9,11-12,16,18H,2,4,8,10,13-14H2,1H3. The summed E-state index contributed by atoms with van der Waals surface area (Å²) in [6.45, 7) is 0.255. The van der Waals surface area contributed by atoms with Crippen LogP contribution in [0.25, 0.3) is 11.4 Å². The summed E-state index contributed by atoms with van der Waals surface area (Å²) in [7, 11) is 1.58. The molecule has 0 radical (unpaired) electrons. The van der Waals surface area contributed by atoms with Gasteiger partial charge in [0.1, 0.15) is 18.1 Å². The number of carbonyl (C=O) groups excluding carboxylic acids is 2. The van der Waals surface area contributed by atoms with E-state index in [1.54, 1.807) is 24.1 Å². The van der Waals surface area contributed by atoms with E-state index in [4.69, 9.17) is 13.7 Å². The molecule has 0 N–H and O–H groups in total. The summed E-state index contributed by atoms with van der Waals surface area (Å²) >= 11 is 0. The summed E-state index contributed by atoms with van der Waals surface area (Å²) in [6.07, 6.45) is 5.03. The van der Waals surface area contributed by atoms with Gasteiger partial charge in [-0.3, -0.25) is 9.69 Å². The predicted octanol–water partition coefficient (Wildman–Crippen LogP) is 3.86. The van der Waals surface area contributed by atoms with Gasteiger partial charge < -0.3 is 18.6 Å². The van der Waals surface area contributed by atoms with E-state index >= 15 is 0 Å². The third-order valence-electron chi connectivity index (χ3n) is 6.21. The second-order valence-corrected chi connectivity index (χ2v) is 8.08. The molecule has 3 aromatic rings. The van der Waals surface area contributed by atoms with Crippen LogP contribution in [0, 0.1) is 5.92 Å². The second-order valence-electron chi connectivity index (χ2n) is 8.08. The molecule has 5 rings (SSSR count). The van der Waals surface area contributed by atoms with E-state index in [0.717, 1.165) is 25.7 Å². The molecule has 32 heavy (non-hydrogen) atoms. The van der Waals surface area contributed by atoms with Crippen molar-refractivity contribution >= 4 is 11.9 Å². The molecular formula is C23H24N4O5. The molecule has 1 aliphatic heterocycles. The van der Waals surface area contributed by atoms with Crippen LogP contribution in [0.1, 0.15) is 37.3 Å². The smallest absolute Gasteiger partial charge is 0.327 e. The minimum absolute atomic E-state index is 0.112. The first kappa shape index (κ1) is 20.3. The number of carbonyl (C=O) groups is 2. The average molecular weight is 436 g/mol. The number of methoxy groups -OCH3 is 1. The van der Waals surface area contributed by atoms with Crippen molar-refractivity contribution in [2.75, 3.05) is 7.11 Å². The van der Waals surface area contributed by atoms with Crippen molar-refractivity contribution in [2.45, 2.75) is 44.8 Å². The number of ether oxygens (including phenoxy) is 1. The highest BCUT2D eigenvalue weighted by Crippen LogP contribution is 2.36. The Labute approximate surface area is 184 Å². The van der Waals surface area contributed by atoms with Crippen molar-refractivity contribution < 1.29 is 23.3 Å². The van der Waals surface area contributed by atoms with Crippen LogP contribution in [0.4, 0.5) is 4.79 Å². The highest BCUT2D eigenvalue weighted by Gasteiger charge is 2.47. The maximum atomic E-state index is 13.4. The van der Waals surface area contributed by atoms with Gasteiger partial charge in [-0.05, 0) is 37.1 Å². The van der Waals surface area contributed by atoms with Crippen LogP contribution in [0.15, 0.2) is 51.6 Å². The second kappa shape index (κ2) is 8.49. The van der Waals surface area contributed by atoms with E-state index in [9.17, 15) is 9.59 Å². The summed E-state index contributed by atoms with van der Waals surface area (Å²) < 4.78 is 16.2. The summed E-state index contributed by atoms with van der Waals surface area (Å²) in [4.78, 5) is 34.0. The minimum Gasteiger partial charge on any atom is -0.496 e. The van der Waals surface area contributed by atoms with E-state index in [0.29, 0.717) is 28.8 Å². The Hall–Kier alpha value is -3.62. The van der Waals surface area contributed by atoms with Crippen LogP contribution >= 0.6 is 0 Å². The minimum atomic E-state index is -0.355. The van der Waals surface area contributed by atoms with Crippen LogP contribution in [-0.4, -0.2) is 45.0 Å². The Balaban J connectivity index is 1.42. The third kappa shape index (κ3) is 3.63. The first-order valence-corrected chi connectivity index (χ1v) is 10.8. The molecular weight excluding hydrogens is 412 g/mol. The molecule has 9 nitrogen and oxygen atoms in total. The van der Waals surface area contributed by atoms with Crippen molar-refractivity contribution in [3.63, 3.8) is 0 Å². The van der Waals surface area contributed by atoms with Gasteiger partial charge in [-0.15, -0.1) is 0 Å². The fraction of sp³-hybridized carbons (Fsp3) is 0.391. The highest BCUT2D eigenvalue weighted by molar-refractivity contribution is 5.98. The van der Waals surface area contributed by atoms with Crippen LogP contribution in [0.3, 0.4) is 0 Å². The molecule has 2 unspecified atom stereocenters. The maximum absolute atomic E-state index is 13.4. The van der Waals surface area contributed by atoms with E-state index in [-0.39, 0.29) is 37.0 Å². The van der Waals surface area contributed by atoms with E-state index in [1.165, 1.54) is 11.2 Å². The highest BCUT2D eigenvalue weighted by atomic mass is 16.5. The van der Waals surface area contributed by atoms with Gasteiger partial charge in [-0.2, -0.15) is 4.98 Å². The largest absolute Gasteiger partial charge is 0.496 e. The molecule has 1 saturated heterocycles. The molecule has 3 heterocycles. The number of imide groups is 1. The predicted molar refractivity (Wildman–Crippen MR) is 112 cm³/mol. The van der Waals surface area contributed by atoms with Gasteiger partial charge >= 0.3 is 6.03 Å². The summed E-state index contributed by atoms with van der Waals surface area (Å²) in [5, 5.41) is 4.08. The lowest BCUT2D eigenvalue weighted by Crippen LogP contribution is -2.61. The van der Waals surface area contributed by atoms with Crippen molar-refractivity contribution in [1.82, 2.24) is 19.9 Å². The zero-order valence-electron chi connectivity index (χ0n) is 17.8. The number of furan rings is 1. The normalized spacial score (nSPS) is 21.0. The topological polar surface area (TPSA) is 102 Å². The molecule has 1 aromatic carbocycles. The Morgan fingerprint density at radius 3 is 2.75 bits per heavy atom. The fourth-order valence-corrected chi connectivity index (χ4v) is 4.66. The number of benzene rings is 1. The number of hydrogen-bond acceptors (Lipinski definition) is 7. The number of hydrogen-bond donors (Lipinski definition) is 0. The van der Waals surface area contributed by atoms with E-state index in [2.05, 4.69) is 10.1 Å². The van der Waals surface area contributed by atoms with Gasteiger partial charge in [0.05, 0.1) is 31.4 Å². The average Bonchev–Trinajstić information content (AvgIpc) is 3.51. The van der Waals surface area contributed by atoms with E-state index in [1.807, 2.05) is 24.3 Å². The molecule has 3 amide bonds. The summed E-state index contributed by atoms with van der Waals surface area (Å²) in [6, 6.07) is 10.4. The van der Waals surface area contributed by atoms with Gasteiger partial charge in [-0.25, -0.2) is 4.79 Å². The van der Waals surface area contributed by atoms with Crippen molar-refractivity contribution in [2.24, 2.45) is 5.92 Å². The lowest BCUT2D eigenvalue weighted by Gasteiger charge is -2.46. The van der Waals surface area contributed by atoms with Crippen molar-refractivity contribution in [1.29, 1.82) is 0 Å². The van der Waals surface area contributed by atoms with Crippen molar-refractivity contribution in [3.8, 4) is 17.1 Å². The van der Waals surface area contributed by atoms with Gasteiger partial charge in [-0.1, -0.05) is 30.1 Å². The molecule has 0 spiro atoms. The molecule has 2 atom stereocenters. The van der Waals surface area contributed by atoms with Gasteiger partial charge in [0.15, 0.2) is 0 Å². The first-order valence-electron chi connectivity index (χ1n) is 10.8. The molecule has 0 bridgehead atoms. The molecule has 2 fully saturated rings. The Morgan fingerprint density at radius 1 is 1.09 bits per heavy atom. The lowest BCUT2D eigenvalue weighted by molar-refractivity contribution is -0.141. The Kier molecular flexibility index (Phi) is 5.38. The Morgan fingerprint density at radius 2 is 1.94 bits per heavy atom. The number of nitrogens with zero attached hydrogens (tertiary/aromatic N) is 4. The fourth-order valence-electron chi connectivity index (χ4n) is 4.66. The summed E-state index contributed by atoms with van der Waals surface area (Å²) in [5.41, 5.74) is 0.708. The molecule has 1 saturated carbocycles. The third-order valence-corrected chi connectivity index (χ3v) is 6.21. The lowest BCUT2D eigenvalue weighted by atomic mass is 9.81. The zero-order chi connectivity index (χ0) is 22.1. The van der Waals surface area contributed by atoms with Crippen LogP contribution in [0.2, 0.25) is 0 Å². The number of rotatable bonds is 6. The van der Waals surface area contributed by atoms with Gasteiger partial charge in [0.25, 0.3) is 0 Å². The molecule has 166 valence electrons. The quantitative estimate of drug-likeness (QED) is 0.578. The molecule has 2 aromatic heterocycles. The SMILES string of the molecule is COc1ccccc1-c1noc(CN2C(=O)N(Cc3ccco3)C(=O)C3CCCCC32)n1. The monoisotopic (exact) mass is 436 g/mol. The van der Waals surface area contributed by atoms with Crippen LogP contribution < -0.4 is 4.74 Å². The van der Waals surface area contributed by atoms with Crippen LogP contribution in [-0.2, 0) is 17.9 Å². The maximum Gasteiger partial charge on any atom is 0.327 e.